The van der Waals surface area contributed by atoms with Crippen LogP contribution in [0, 0.1) is 17.3 Å². The van der Waals surface area contributed by atoms with Gasteiger partial charge in [0.25, 0.3) is 0 Å². The van der Waals surface area contributed by atoms with Gasteiger partial charge in [0, 0.05) is 18.3 Å². The molecule has 0 aromatic carbocycles. The van der Waals surface area contributed by atoms with Gasteiger partial charge in [-0.1, -0.05) is 13.8 Å². The molecule has 2 aliphatic carbocycles. The van der Waals surface area contributed by atoms with Crippen LogP contribution in [0.25, 0.3) is 0 Å². The van der Waals surface area contributed by atoms with Crippen molar-refractivity contribution < 1.29 is 23.8 Å². The Balaban J connectivity index is 1.75. The van der Waals surface area contributed by atoms with Crippen LogP contribution in [-0.2, 0) is 23.8 Å². The summed E-state index contributed by atoms with van der Waals surface area (Å²) in [6, 6.07) is 0. The van der Waals surface area contributed by atoms with Gasteiger partial charge in [-0.15, -0.1) is 0 Å². The second-order valence-electron chi connectivity index (χ2n) is 7.97. The number of carbonyl (C=O) groups excluding carboxylic acids is 2. The number of carbonyl (C=O) groups is 2. The second kappa shape index (κ2) is 4.05. The number of rotatable bonds is 1. The summed E-state index contributed by atoms with van der Waals surface area (Å²) < 4.78 is 17.7. The first kappa shape index (κ1) is 14.5. The lowest BCUT2D eigenvalue weighted by molar-refractivity contribution is -0.177. The number of hydrogen-bond donors (Lipinski definition) is 0. The van der Waals surface area contributed by atoms with Crippen LogP contribution in [0.4, 0.5) is 0 Å². The summed E-state index contributed by atoms with van der Waals surface area (Å²) in [5.41, 5.74) is -1.02. The highest BCUT2D eigenvalue weighted by Crippen LogP contribution is 2.73. The zero-order valence-corrected chi connectivity index (χ0v) is 13.7. The molecule has 22 heavy (non-hydrogen) atoms. The fourth-order valence-corrected chi connectivity index (χ4v) is 5.68. The largest absolute Gasteiger partial charge is 0.462 e. The van der Waals surface area contributed by atoms with Crippen LogP contribution >= 0.6 is 0 Å². The number of ether oxygens (including phenoxy) is 3. The smallest absolute Gasteiger partial charge is 0.309 e. The Bertz CT molecular complexity index is 559. The van der Waals surface area contributed by atoms with Crippen molar-refractivity contribution in [1.29, 1.82) is 0 Å². The van der Waals surface area contributed by atoms with Crippen molar-refractivity contribution >= 4 is 11.9 Å². The van der Waals surface area contributed by atoms with E-state index in [0.717, 1.165) is 25.7 Å². The van der Waals surface area contributed by atoms with Gasteiger partial charge in [-0.3, -0.25) is 9.59 Å². The summed E-state index contributed by atoms with van der Waals surface area (Å²) in [5.74, 6) is -0.199. The molecule has 4 fully saturated rings. The molecule has 2 saturated carbocycles. The van der Waals surface area contributed by atoms with Crippen molar-refractivity contribution in [1.82, 2.24) is 0 Å². The highest BCUT2D eigenvalue weighted by Gasteiger charge is 2.85. The zero-order valence-electron chi connectivity index (χ0n) is 13.7. The molecule has 5 nitrogen and oxygen atoms in total. The predicted molar refractivity (Wildman–Crippen MR) is 76.9 cm³/mol. The second-order valence-corrected chi connectivity index (χ2v) is 7.97. The van der Waals surface area contributed by atoms with Crippen LogP contribution in [0.2, 0.25) is 0 Å². The van der Waals surface area contributed by atoms with E-state index in [2.05, 4.69) is 13.8 Å². The van der Waals surface area contributed by atoms with E-state index in [0.29, 0.717) is 0 Å². The normalized spacial score (nSPS) is 55.5. The first-order valence-corrected chi connectivity index (χ1v) is 8.33. The zero-order chi connectivity index (χ0) is 15.9. The number of epoxide rings is 1. The molecule has 0 aromatic heterocycles. The molecule has 5 heteroatoms. The maximum atomic E-state index is 12.1. The van der Waals surface area contributed by atoms with Gasteiger partial charge in [0.1, 0.15) is 17.8 Å². The Hall–Kier alpha value is -1.10. The molecule has 1 spiro atoms. The Kier molecular flexibility index (Phi) is 2.67. The number of esters is 2. The monoisotopic (exact) mass is 308 g/mol. The summed E-state index contributed by atoms with van der Waals surface area (Å²) in [6.07, 6.45) is 3.13. The maximum Gasteiger partial charge on any atom is 0.309 e. The van der Waals surface area contributed by atoms with Crippen molar-refractivity contribution in [3.8, 4) is 0 Å². The Morgan fingerprint density at radius 3 is 2.68 bits per heavy atom. The first-order chi connectivity index (χ1) is 10.3. The quantitative estimate of drug-likeness (QED) is 0.549. The fourth-order valence-electron chi connectivity index (χ4n) is 5.68. The van der Waals surface area contributed by atoms with Gasteiger partial charge in [0.05, 0.1) is 11.5 Å². The highest BCUT2D eigenvalue weighted by atomic mass is 16.7. The van der Waals surface area contributed by atoms with E-state index in [1.165, 1.54) is 6.92 Å². The minimum Gasteiger partial charge on any atom is -0.462 e. The molecule has 0 aromatic rings. The van der Waals surface area contributed by atoms with Gasteiger partial charge >= 0.3 is 11.9 Å². The van der Waals surface area contributed by atoms with E-state index in [1.54, 1.807) is 0 Å². The molecule has 2 aliphatic heterocycles. The molecular weight excluding hydrogens is 284 g/mol. The summed E-state index contributed by atoms with van der Waals surface area (Å²) >= 11 is 0. The highest BCUT2D eigenvalue weighted by molar-refractivity contribution is 5.75. The lowest BCUT2D eigenvalue weighted by Gasteiger charge is -2.52. The molecule has 0 amide bonds. The molecular formula is C17H24O5. The van der Waals surface area contributed by atoms with Crippen LogP contribution < -0.4 is 0 Å². The lowest BCUT2D eigenvalue weighted by Crippen LogP contribution is -2.63. The third kappa shape index (κ3) is 1.44. The topological polar surface area (TPSA) is 65.1 Å². The standard InChI is InChI=1S/C17H24O5/c1-9-11-5-7-15(3)12(20-10(2)18)6-8-16(4)17(15,22-16)13(11)21-14(9)19/h9,11-13H,5-8H2,1-4H3/t9-,11+,12-,13+,15+,16+,17-/m1/s1. The van der Waals surface area contributed by atoms with Crippen molar-refractivity contribution in [3.63, 3.8) is 0 Å². The van der Waals surface area contributed by atoms with Gasteiger partial charge < -0.3 is 14.2 Å². The molecule has 122 valence electrons. The Labute approximate surface area is 130 Å². The Morgan fingerprint density at radius 1 is 1.27 bits per heavy atom. The number of fused-ring (bicyclic) bond motifs is 1. The van der Waals surface area contributed by atoms with Crippen molar-refractivity contribution in [2.45, 2.75) is 76.8 Å². The predicted octanol–water partition coefficient (Wildman–Crippen LogP) is 2.22. The molecule has 0 radical (unpaired) electrons. The molecule has 0 bridgehead atoms. The van der Waals surface area contributed by atoms with Gasteiger partial charge in [-0.05, 0) is 32.6 Å². The molecule has 4 aliphatic rings. The SMILES string of the molecule is CC(=O)O[C@@H]1CC[C@]2(C)O[C@@]23[C@H]2OC(=O)[C@H](C)[C@@H]2CC[C@@]13C. The Morgan fingerprint density at radius 2 is 2.00 bits per heavy atom. The fraction of sp³-hybridized carbons (Fsp3) is 0.882. The van der Waals surface area contributed by atoms with E-state index >= 15 is 0 Å². The lowest BCUT2D eigenvalue weighted by atomic mass is 9.52. The van der Waals surface area contributed by atoms with E-state index in [4.69, 9.17) is 14.2 Å². The molecule has 2 heterocycles. The van der Waals surface area contributed by atoms with Crippen LogP contribution in [-0.4, -0.2) is 35.3 Å². The van der Waals surface area contributed by atoms with Gasteiger partial charge in [0.2, 0.25) is 0 Å². The van der Waals surface area contributed by atoms with Gasteiger partial charge in [0.15, 0.2) is 0 Å². The minimum absolute atomic E-state index is 0.0634. The summed E-state index contributed by atoms with van der Waals surface area (Å²) in [7, 11) is 0. The van der Waals surface area contributed by atoms with Crippen LogP contribution in [0.1, 0.15) is 53.4 Å². The van der Waals surface area contributed by atoms with Crippen molar-refractivity contribution in [2.75, 3.05) is 0 Å². The van der Waals surface area contributed by atoms with Gasteiger partial charge in [-0.25, -0.2) is 0 Å². The van der Waals surface area contributed by atoms with E-state index < -0.39 is 5.60 Å². The third-order valence-corrected chi connectivity index (χ3v) is 6.92. The van der Waals surface area contributed by atoms with E-state index in [9.17, 15) is 9.59 Å². The van der Waals surface area contributed by atoms with E-state index in [1.807, 2.05) is 6.92 Å². The molecule has 0 N–H and O–H groups in total. The molecule has 7 atom stereocenters. The summed E-state index contributed by atoms with van der Waals surface area (Å²) in [5, 5.41) is 0. The van der Waals surface area contributed by atoms with E-state index in [-0.39, 0.29) is 47.0 Å². The maximum absolute atomic E-state index is 12.1. The molecule has 4 rings (SSSR count). The summed E-state index contributed by atoms with van der Waals surface area (Å²) in [4.78, 5) is 23.6. The van der Waals surface area contributed by atoms with Crippen LogP contribution in [0.3, 0.4) is 0 Å². The van der Waals surface area contributed by atoms with Crippen LogP contribution in [0.15, 0.2) is 0 Å². The molecule has 2 saturated heterocycles. The number of hydrogen-bond acceptors (Lipinski definition) is 5. The average Bonchev–Trinajstić information content (AvgIpc) is 2.98. The van der Waals surface area contributed by atoms with Gasteiger partial charge in [-0.2, -0.15) is 0 Å². The van der Waals surface area contributed by atoms with Crippen molar-refractivity contribution in [2.24, 2.45) is 17.3 Å². The third-order valence-electron chi connectivity index (χ3n) is 6.92. The first-order valence-electron chi connectivity index (χ1n) is 8.33. The van der Waals surface area contributed by atoms with Crippen LogP contribution in [0.5, 0.6) is 0 Å². The summed E-state index contributed by atoms with van der Waals surface area (Å²) in [6.45, 7) is 7.69. The molecule has 0 unspecified atom stereocenters. The van der Waals surface area contributed by atoms with Crippen molar-refractivity contribution in [3.05, 3.63) is 0 Å². The average molecular weight is 308 g/mol. The minimum atomic E-state index is -0.484.